The summed E-state index contributed by atoms with van der Waals surface area (Å²) in [5.74, 6) is 0.608. The highest BCUT2D eigenvalue weighted by molar-refractivity contribution is 6.30. The van der Waals surface area contributed by atoms with Gasteiger partial charge in [0, 0.05) is 41.1 Å². The molecule has 1 amide bonds. The highest BCUT2D eigenvalue weighted by atomic mass is 35.5. The summed E-state index contributed by atoms with van der Waals surface area (Å²) < 4.78 is 5.31. The van der Waals surface area contributed by atoms with E-state index in [-0.39, 0.29) is 24.0 Å². The van der Waals surface area contributed by atoms with E-state index in [0.29, 0.717) is 23.6 Å². The van der Waals surface area contributed by atoms with Crippen molar-refractivity contribution < 1.29 is 14.3 Å². The number of anilines is 1. The van der Waals surface area contributed by atoms with Crippen LogP contribution in [0.15, 0.2) is 59.8 Å². The predicted octanol–water partition coefficient (Wildman–Crippen LogP) is 4.88. The Balaban J connectivity index is 1.84. The number of Topliss-reactive ketones (excluding diaryl/α,β-unsaturated/α-hetero) is 1. The minimum atomic E-state index is -0.209. The average molecular weight is 382 g/mol. The molecular formula is C22H20ClNO3. The van der Waals surface area contributed by atoms with Crippen LogP contribution in [0.3, 0.4) is 0 Å². The quantitative estimate of drug-likeness (QED) is 0.761. The van der Waals surface area contributed by atoms with E-state index in [2.05, 4.69) is 0 Å². The number of nitrogens with zero attached hydrogens (tertiary/aromatic N) is 1. The van der Waals surface area contributed by atoms with Gasteiger partial charge in [-0.1, -0.05) is 29.8 Å². The molecule has 0 spiro atoms. The van der Waals surface area contributed by atoms with Crippen LogP contribution in [0.2, 0.25) is 5.02 Å². The Labute approximate surface area is 163 Å². The summed E-state index contributed by atoms with van der Waals surface area (Å²) in [7, 11) is 1.60. The number of methoxy groups -OCH3 is 1. The molecule has 2 aromatic rings. The molecule has 138 valence electrons. The zero-order valence-electron chi connectivity index (χ0n) is 15.1. The Morgan fingerprint density at radius 2 is 1.85 bits per heavy atom. The first-order chi connectivity index (χ1) is 13.1. The Bertz CT molecular complexity index is 933. The molecule has 4 rings (SSSR count). The number of allylic oxidation sites excluding steroid dienone is 2. The van der Waals surface area contributed by atoms with Crippen molar-refractivity contribution in [3.63, 3.8) is 0 Å². The van der Waals surface area contributed by atoms with Crippen LogP contribution in [-0.2, 0) is 9.59 Å². The number of carbonyl (C=O) groups is 2. The van der Waals surface area contributed by atoms with E-state index < -0.39 is 0 Å². The third-order valence-corrected chi connectivity index (χ3v) is 5.51. The van der Waals surface area contributed by atoms with Gasteiger partial charge in [-0.15, -0.1) is 0 Å². The van der Waals surface area contributed by atoms with Gasteiger partial charge in [0.2, 0.25) is 5.91 Å². The van der Waals surface area contributed by atoms with E-state index in [9.17, 15) is 9.59 Å². The van der Waals surface area contributed by atoms with Gasteiger partial charge in [0.15, 0.2) is 5.78 Å². The first-order valence-electron chi connectivity index (χ1n) is 9.07. The van der Waals surface area contributed by atoms with Crippen LogP contribution in [0, 0.1) is 0 Å². The average Bonchev–Trinajstić information content (AvgIpc) is 2.68. The highest BCUT2D eigenvalue weighted by Gasteiger charge is 2.39. The second-order valence-corrected chi connectivity index (χ2v) is 7.31. The maximum absolute atomic E-state index is 13.1. The molecule has 1 atom stereocenters. The van der Waals surface area contributed by atoms with Crippen LogP contribution in [-0.4, -0.2) is 18.8 Å². The normalized spacial score (nSPS) is 19.9. The van der Waals surface area contributed by atoms with Crippen molar-refractivity contribution in [3.05, 3.63) is 70.4 Å². The van der Waals surface area contributed by atoms with Crippen LogP contribution in [0.5, 0.6) is 5.75 Å². The Kier molecular flexibility index (Phi) is 4.75. The van der Waals surface area contributed by atoms with E-state index >= 15 is 0 Å². The van der Waals surface area contributed by atoms with Gasteiger partial charge in [-0.3, -0.25) is 14.5 Å². The van der Waals surface area contributed by atoms with Gasteiger partial charge < -0.3 is 4.74 Å². The van der Waals surface area contributed by atoms with Gasteiger partial charge in [0.1, 0.15) is 5.75 Å². The SMILES string of the molecule is COc1cccc(N2C(=O)CC(c3ccc(Cl)cc3)C3=C2CCCC3=O)c1. The molecule has 0 bridgehead atoms. The zero-order chi connectivity index (χ0) is 19.0. The first-order valence-corrected chi connectivity index (χ1v) is 9.45. The Morgan fingerprint density at radius 3 is 2.59 bits per heavy atom. The lowest BCUT2D eigenvalue weighted by Crippen LogP contribution is -2.40. The van der Waals surface area contributed by atoms with Gasteiger partial charge in [-0.05, 0) is 42.7 Å². The van der Waals surface area contributed by atoms with Gasteiger partial charge in [0.05, 0.1) is 12.8 Å². The second kappa shape index (κ2) is 7.20. The monoisotopic (exact) mass is 381 g/mol. The standard InChI is InChI=1S/C22H20ClNO3/c1-27-17-5-2-4-16(12-17)24-19-6-3-7-20(25)22(19)18(13-21(24)26)14-8-10-15(23)11-9-14/h2,4-5,8-12,18H,3,6-7,13H2,1H3. The topological polar surface area (TPSA) is 46.6 Å². The summed E-state index contributed by atoms with van der Waals surface area (Å²) in [6, 6.07) is 14.9. The van der Waals surface area contributed by atoms with Crippen LogP contribution < -0.4 is 9.64 Å². The largest absolute Gasteiger partial charge is 0.497 e. The molecule has 1 aliphatic carbocycles. The summed E-state index contributed by atoms with van der Waals surface area (Å²) in [6.45, 7) is 0. The molecule has 0 N–H and O–H groups in total. The third kappa shape index (κ3) is 3.26. The number of ether oxygens (including phenoxy) is 1. The first kappa shape index (κ1) is 17.8. The van der Waals surface area contributed by atoms with Gasteiger partial charge in [0.25, 0.3) is 0 Å². The van der Waals surface area contributed by atoms with Gasteiger partial charge in [-0.2, -0.15) is 0 Å². The minimum absolute atomic E-state index is 0.00310. The summed E-state index contributed by atoms with van der Waals surface area (Å²) in [6.07, 6.45) is 2.28. The zero-order valence-corrected chi connectivity index (χ0v) is 15.8. The molecule has 0 saturated carbocycles. The number of carbonyl (C=O) groups excluding carboxylic acids is 2. The number of hydrogen-bond acceptors (Lipinski definition) is 3. The van der Waals surface area contributed by atoms with E-state index in [1.54, 1.807) is 12.0 Å². The summed E-state index contributed by atoms with van der Waals surface area (Å²) in [5, 5.41) is 0.642. The lowest BCUT2D eigenvalue weighted by atomic mass is 9.77. The lowest BCUT2D eigenvalue weighted by molar-refractivity contribution is -0.119. The summed E-state index contributed by atoms with van der Waals surface area (Å²) in [4.78, 5) is 27.7. The molecule has 4 nitrogen and oxygen atoms in total. The molecule has 1 aliphatic heterocycles. The number of rotatable bonds is 3. The molecule has 27 heavy (non-hydrogen) atoms. The fourth-order valence-corrected chi connectivity index (χ4v) is 4.15. The molecule has 5 heteroatoms. The number of halogens is 1. The number of ketones is 1. The molecule has 2 aliphatic rings. The summed E-state index contributed by atoms with van der Waals surface area (Å²) in [5.41, 5.74) is 3.30. The second-order valence-electron chi connectivity index (χ2n) is 6.88. The van der Waals surface area contributed by atoms with Crippen molar-refractivity contribution in [2.75, 3.05) is 12.0 Å². The molecule has 0 radical (unpaired) electrons. The molecule has 1 unspecified atom stereocenters. The van der Waals surface area contributed by atoms with Gasteiger partial charge in [-0.25, -0.2) is 0 Å². The van der Waals surface area contributed by atoms with Crippen molar-refractivity contribution in [2.24, 2.45) is 0 Å². The summed E-state index contributed by atoms with van der Waals surface area (Å²) >= 11 is 6.01. The molecular weight excluding hydrogens is 362 g/mol. The molecule has 0 aromatic heterocycles. The predicted molar refractivity (Wildman–Crippen MR) is 105 cm³/mol. The maximum atomic E-state index is 13.1. The lowest BCUT2D eigenvalue weighted by Gasteiger charge is -2.38. The number of benzene rings is 2. The van der Waals surface area contributed by atoms with Gasteiger partial charge >= 0.3 is 0 Å². The van der Waals surface area contributed by atoms with Crippen molar-refractivity contribution in [1.29, 1.82) is 0 Å². The van der Waals surface area contributed by atoms with Crippen LogP contribution in [0.4, 0.5) is 5.69 Å². The van der Waals surface area contributed by atoms with Crippen molar-refractivity contribution in [3.8, 4) is 5.75 Å². The molecule has 0 fully saturated rings. The fraction of sp³-hybridized carbons (Fsp3) is 0.273. The van der Waals surface area contributed by atoms with Crippen LogP contribution in [0.25, 0.3) is 0 Å². The molecule has 1 heterocycles. The van der Waals surface area contributed by atoms with Crippen molar-refractivity contribution in [1.82, 2.24) is 0 Å². The highest BCUT2D eigenvalue weighted by Crippen LogP contribution is 2.43. The van der Waals surface area contributed by atoms with Crippen molar-refractivity contribution in [2.45, 2.75) is 31.6 Å². The van der Waals surface area contributed by atoms with Crippen molar-refractivity contribution >= 4 is 29.0 Å². The fourth-order valence-electron chi connectivity index (χ4n) is 4.02. The van der Waals surface area contributed by atoms with Crippen LogP contribution in [0.1, 0.15) is 37.2 Å². The molecule has 0 saturated heterocycles. The minimum Gasteiger partial charge on any atom is -0.497 e. The number of hydrogen-bond donors (Lipinski definition) is 0. The number of amides is 1. The Hall–Kier alpha value is -2.59. The van der Waals surface area contributed by atoms with E-state index in [0.717, 1.165) is 28.9 Å². The smallest absolute Gasteiger partial charge is 0.232 e. The van der Waals surface area contributed by atoms with E-state index in [1.807, 2.05) is 48.5 Å². The third-order valence-electron chi connectivity index (χ3n) is 5.26. The Morgan fingerprint density at radius 1 is 1.07 bits per heavy atom. The molecule has 2 aromatic carbocycles. The van der Waals surface area contributed by atoms with E-state index in [1.165, 1.54) is 0 Å². The van der Waals surface area contributed by atoms with Crippen LogP contribution >= 0.6 is 11.6 Å². The maximum Gasteiger partial charge on any atom is 0.232 e. The van der Waals surface area contributed by atoms with E-state index in [4.69, 9.17) is 16.3 Å².